The number of hydrogen-bond donors (Lipinski definition) is 1. The van der Waals surface area contributed by atoms with E-state index in [0.717, 1.165) is 5.57 Å². The minimum atomic E-state index is -1.34. The highest BCUT2D eigenvalue weighted by Gasteiger charge is 2.54. The van der Waals surface area contributed by atoms with E-state index in [9.17, 15) is 9.59 Å². The van der Waals surface area contributed by atoms with Crippen molar-refractivity contribution in [3.05, 3.63) is 35.3 Å². The molecule has 3 rings (SSSR count). The van der Waals surface area contributed by atoms with Crippen LogP contribution in [0.3, 0.4) is 0 Å². The van der Waals surface area contributed by atoms with Crippen LogP contribution in [-0.2, 0) is 14.3 Å². The minimum absolute atomic E-state index is 0.567. The van der Waals surface area contributed by atoms with Crippen molar-refractivity contribution in [1.82, 2.24) is 0 Å². The van der Waals surface area contributed by atoms with Crippen LogP contribution in [0, 0.1) is 0 Å². The van der Waals surface area contributed by atoms with Gasteiger partial charge in [0.1, 0.15) is 5.76 Å². The Balaban J connectivity index is 2.16. The van der Waals surface area contributed by atoms with Crippen LogP contribution in [0.2, 0.25) is 0 Å². The number of aliphatic imine (C=N–C) groups is 1. The Morgan fingerprint density at radius 2 is 2.27 bits per heavy atom. The molecule has 5 nitrogen and oxygen atoms in total. The maximum absolute atomic E-state index is 11.7. The van der Waals surface area contributed by atoms with Crippen LogP contribution in [0.15, 0.2) is 40.2 Å². The van der Waals surface area contributed by atoms with Crippen molar-refractivity contribution in [1.29, 1.82) is 0 Å². The van der Waals surface area contributed by atoms with Crippen LogP contribution in [0.25, 0.3) is 0 Å². The van der Waals surface area contributed by atoms with Gasteiger partial charge in [0.05, 0.1) is 0 Å². The Hall–Kier alpha value is -2.17. The molecule has 0 radical (unpaired) electrons. The first-order valence-electron chi connectivity index (χ1n) is 4.36. The summed E-state index contributed by atoms with van der Waals surface area (Å²) in [7, 11) is 0. The first kappa shape index (κ1) is 8.16. The van der Waals surface area contributed by atoms with Gasteiger partial charge in [-0.2, -0.15) is 0 Å². The molecular weight excluding hydrogens is 196 g/mol. The van der Waals surface area contributed by atoms with Gasteiger partial charge in [-0.3, -0.25) is 14.6 Å². The van der Waals surface area contributed by atoms with Gasteiger partial charge in [0.25, 0.3) is 11.7 Å². The molecule has 0 aromatic carbocycles. The minimum Gasteiger partial charge on any atom is -0.469 e. The number of carbonyl (C=O) groups excluding carboxylic acids is 2. The van der Waals surface area contributed by atoms with Crippen molar-refractivity contribution in [2.45, 2.75) is 5.60 Å². The predicted molar refractivity (Wildman–Crippen MR) is 50.8 cm³/mol. The highest BCUT2D eigenvalue weighted by Crippen LogP contribution is 2.47. The fourth-order valence-corrected chi connectivity index (χ4v) is 1.97. The van der Waals surface area contributed by atoms with Gasteiger partial charge in [-0.05, 0) is 12.2 Å². The number of primary amides is 1. The van der Waals surface area contributed by atoms with Gasteiger partial charge >= 0.3 is 0 Å². The Labute approximate surface area is 84.6 Å². The van der Waals surface area contributed by atoms with Crippen LogP contribution >= 0.6 is 0 Å². The van der Waals surface area contributed by atoms with Gasteiger partial charge in [0, 0.05) is 23.6 Å². The SMILES string of the molecule is NC(=O)C(=O)C12C=CC(=C3C=NC=C31)O2. The van der Waals surface area contributed by atoms with Crippen LogP contribution in [-0.4, -0.2) is 23.5 Å². The van der Waals surface area contributed by atoms with Gasteiger partial charge in [0.15, 0.2) is 0 Å². The second-order valence-electron chi connectivity index (χ2n) is 3.46. The molecule has 5 heteroatoms. The zero-order valence-electron chi connectivity index (χ0n) is 7.56. The van der Waals surface area contributed by atoms with Gasteiger partial charge in [0.2, 0.25) is 5.60 Å². The molecule has 2 bridgehead atoms. The number of allylic oxidation sites excluding steroid dienone is 1. The van der Waals surface area contributed by atoms with Crippen molar-refractivity contribution in [2.24, 2.45) is 10.7 Å². The molecular formula is C10H6N2O3. The molecule has 3 aliphatic rings. The topological polar surface area (TPSA) is 81.8 Å². The van der Waals surface area contributed by atoms with E-state index >= 15 is 0 Å². The number of fused-ring (bicyclic) bond motifs is 4. The standard InChI is InChI=1S/C10H6N2O3/c11-9(14)8(13)10-2-1-7(15-10)5-3-12-4-6(5)10/h1-4H,(H2,11,14). The number of carbonyl (C=O) groups is 2. The van der Waals surface area contributed by atoms with Crippen LogP contribution in [0.4, 0.5) is 0 Å². The van der Waals surface area contributed by atoms with Crippen molar-refractivity contribution in [3.8, 4) is 0 Å². The molecule has 0 saturated heterocycles. The molecule has 0 fully saturated rings. The molecule has 0 aromatic rings. The highest BCUT2D eigenvalue weighted by molar-refractivity contribution is 6.41. The zero-order chi connectivity index (χ0) is 10.6. The summed E-state index contributed by atoms with van der Waals surface area (Å²) in [6.45, 7) is 0. The van der Waals surface area contributed by atoms with E-state index < -0.39 is 17.3 Å². The maximum Gasteiger partial charge on any atom is 0.289 e. The Bertz CT molecular complexity index is 525. The quantitative estimate of drug-likeness (QED) is 0.618. The summed E-state index contributed by atoms with van der Waals surface area (Å²) in [5.74, 6) is -1.20. The number of amides is 1. The smallest absolute Gasteiger partial charge is 0.289 e. The lowest BCUT2D eigenvalue weighted by molar-refractivity contribution is -0.142. The summed E-state index contributed by atoms with van der Waals surface area (Å²) in [5, 5.41) is 0. The fourth-order valence-electron chi connectivity index (χ4n) is 1.97. The average molecular weight is 202 g/mol. The number of rotatable bonds is 2. The van der Waals surface area contributed by atoms with Gasteiger partial charge < -0.3 is 10.5 Å². The predicted octanol–water partition coefficient (Wildman–Crippen LogP) is -0.398. The highest BCUT2D eigenvalue weighted by atomic mass is 16.5. The number of ketones is 1. The fraction of sp³-hybridized carbons (Fsp3) is 0.100. The van der Waals surface area contributed by atoms with Crippen LogP contribution < -0.4 is 5.73 Å². The summed E-state index contributed by atoms with van der Waals surface area (Å²) in [5.41, 5.74) is 5.01. The number of nitrogens with two attached hydrogens (primary N) is 1. The molecule has 0 aliphatic carbocycles. The van der Waals surface area contributed by atoms with E-state index in [4.69, 9.17) is 10.5 Å². The van der Waals surface area contributed by atoms with Crippen molar-refractivity contribution >= 4 is 17.9 Å². The summed E-state index contributed by atoms with van der Waals surface area (Å²) in [6, 6.07) is 0. The summed E-state index contributed by atoms with van der Waals surface area (Å²) in [6.07, 6.45) is 6.32. The van der Waals surface area contributed by atoms with Gasteiger partial charge in [-0.1, -0.05) is 0 Å². The van der Waals surface area contributed by atoms with Gasteiger partial charge in [-0.25, -0.2) is 0 Å². The maximum atomic E-state index is 11.7. The Kier molecular flexibility index (Phi) is 1.22. The summed E-state index contributed by atoms with van der Waals surface area (Å²) in [4.78, 5) is 26.5. The van der Waals surface area contributed by atoms with E-state index in [1.165, 1.54) is 6.20 Å². The number of ether oxygens (including phenoxy) is 1. The third-order valence-electron chi connectivity index (χ3n) is 2.66. The molecule has 1 amide bonds. The Morgan fingerprint density at radius 3 is 3.00 bits per heavy atom. The number of hydrogen-bond acceptors (Lipinski definition) is 4. The van der Waals surface area contributed by atoms with Gasteiger partial charge in [-0.15, -0.1) is 0 Å². The van der Waals surface area contributed by atoms with E-state index in [2.05, 4.69) is 4.99 Å². The molecule has 15 heavy (non-hydrogen) atoms. The third-order valence-corrected chi connectivity index (χ3v) is 2.66. The normalized spacial score (nSPS) is 29.2. The lowest BCUT2D eigenvalue weighted by atomic mass is 9.85. The molecule has 0 aromatic heterocycles. The van der Waals surface area contributed by atoms with E-state index in [1.54, 1.807) is 18.4 Å². The van der Waals surface area contributed by atoms with Crippen LogP contribution in [0.5, 0.6) is 0 Å². The summed E-state index contributed by atoms with van der Waals surface area (Å²) >= 11 is 0. The second kappa shape index (κ2) is 2.25. The molecule has 1 atom stereocenters. The lowest BCUT2D eigenvalue weighted by Gasteiger charge is -2.20. The molecule has 3 aliphatic heterocycles. The second-order valence-corrected chi connectivity index (χ2v) is 3.46. The zero-order valence-corrected chi connectivity index (χ0v) is 7.56. The average Bonchev–Trinajstić information content (AvgIpc) is 2.88. The number of Topliss-reactive ketones (excluding diaryl/α,β-unsaturated/α-hetero) is 1. The number of nitrogens with zero attached hydrogens (tertiary/aromatic N) is 1. The van der Waals surface area contributed by atoms with Crippen molar-refractivity contribution in [2.75, 3.05) is 0 Å². The van der Waals surface area contributed by atoms with E-state index in [1.807, 2.05) is 0 Å². The van der Waals surface area contributed by atoms with E-state index in [0.29, 0.717) is 11.3 Å². The molecule has 2 N–H and O–H groups in total. The van der Waals surface area contributed by atoms with Crippen molar-refractivity contribution in [3.63, 3.8) is 0 Å². The largest absolute Gasteiger partial charge is 0.469 e. The lowest BCUT2D eigenvalue weighted by Crippen LogP contribution is -2.44. The molecule has 74 valence electrons. The monoisotopic (exact) mass is 202 g/mol. The van der Waals surface area contributed by atoms with Crippen molar-refractivity contribution < 1.29 is 14.3 Å². The molecule has 3 heterocycles. The van der Waals surface area contributed by atoms with E-state index in [-0.39, 0.29) is 0 Å². The Morgan fingerprint density at radius 1 is 1.47 bits per heavy atom. The molecule has 1 unspecified atom stereocenters. The van der Waals surface area contributed by atoms with Crippen LogP contribution in [0.1, 0.15) is 0 Å². The first-order valence-corrected chi connectivity index (χ1v) is 4.36. The first-order chi connectivity index (χ1) is 7.15. The summed E-state index contributed by atoms with van der Waals surface area (Å²) < 4.78 is 5.41. The molecule has 0 saturated carbocycles. The molecule has 0 spiro atoms. The third kappa shape index (κ3) is 0.758.